The van der Waals surface area contributed by atoms with E-state index in [9.17, 15) is 8.42 Å². The van der Waals surface area contributed by atoms with Crippen LogP contribution in [0.2, 0.25) is 0 Å². The standard InChI is InChI=1S/C15H21N3O2S2/c1-5-11-8-12-13(17-10(3)18-14(12)21-11)16-9(2)15(6-7-15)22(4,19)20/h8-9H,5-7H2,1-4H3,(H,16,17,18). The predicted molar refractivity (Wildman–Crippen MR) is 91.4 cm³/mol. The second-order valence-corrected chi connectivity index (χ2v) is 9.58. The summed E-state index contributed by atoms with van der Waals surface area (Å²) in [5, 5.41) is 4.34. The summed E-state index contributed by atoms with van der Waals surface area (Å²) in [4.78, 5) is 11.2. The van der Waals surface area contributed by atoms with E-state index in [1.54, 1.807) is 11.3 Å². The maximum Gasteiger partial charge on any atom is 0.155 e. The van der Waals surface area contributed by atoms with E-state index in [2.05, 4.69) is 28.3 Å². The first kappa shape index (κ1) is 15.7. The van der Waals surface area contributed by atoms with Crippen molar-refractivity contribution in [2.45, 2.75) is 50.8 Å². The van der Waals surface area contributed by atoms with Gasteiger partial charge in [-0.1, -0.05) is 6.92 Å². The van der Waals surface area contributed by atoms with Crippen LogP contribution in [0.1, 0.15) is 37.4 Å². The molecule has 0 aromatic carbocycles. The van der Waals surface area contributed by atoms with Crippen LogP contribution in [0.4, 0.5) is 5.82 Å². The van der Waals surface area contributed by atoms with E-state index in [1.807, 2.05) is 13.8 Å². The highest BCUT2D eigenvalue weighted by molar-refractivity contribution is 7.92. The maximum atomic E-state index is 12.1. The van der Waals surface area contributed by atoms with Crippen molar-refractivity contribution in [2.75, 3.05) is 11.6 Å². The second kappa shape index (κ2) is 5.16. The lowest BCUT2D eigenvalue weighted by Gasteiger charge is -2.23. The van der Waals surface area contributed by atoms with E-state index >= 15 is 0 Å². The summed E-state index contributed by atoms with van der Waals surface area (Å²) >= 11 is 1.67. The number of nitrogens with one attached hydrogen (secondary N) is 1. The van der Waals surface area contributed by atoms with Gasteiger partial charge in [-0.25, -0.2) is 18.4 Å². The zero-order valence-corrected chi connectivity index (χ0v) is 14.9. The van der Waals surface area contributed by atoms with Crippen molar-refractivity contribution >= 4 is 37.2 Å². The molecular formula is C15H21N3O2S2. The highest BCUT2D eigenvalue weighted by Crippen LogP contribution is 2.47. The Hall–Kier alpha value is -1.21. The number of hydrogen-bond donors (Lipinski definition) is 1. The van der Waals surface area contributed by atoms with Crippen LogP contribution in [0, 0.1) is 6.92 Å². The average molecular weight is 339 g/mol. The van der Waals surface area contributed by atoms with Crippen molar-refractivity contribution in [3.05, 3.63) is 16.8 Å². The van der Waals surface area contributed by atoms with E-state index in [-0.39, 0.29) is 6.04 Å². The lowest BCUT2D eigenvalue weighted by Crippen LogP contribution is -2.39. The van der Waals surface area contributed by atoms with E-state index < -0.39 is 14.6 Å². The third-order valence-corrected chi connectivity index (χ3v) is 7.94. The highest BCUT2D eigenvalue weighted by Gasteiger charge is 2.56. The molecule has 1 fully saturated rings. The summed E-state index contributed by atoms with van der Waals surface area (Å²) in [6.07, 6.45) is 3.73. The van der Waals surface area contributed by atoms with Crippen molar-refractivity contribution in [1.29, 1.82) is 0 Å². The quantitative estimate of drug-likeness (QED) is 0.907. The minimum atomic E-state index is -3.08. The van der Waals surface area contributed by atoms with Gasteiger partial charge in [0.05, 0.1) is 10.1 Å². The van der Waals surface area contributed by atoms with Crippen LogP contribution in [0.3, 0.4) is 0 Å². The first-order chi connectivity index (χ1) is 10.3. The van der Waals surface area contributed by atoms with Gasteiger partial charge in [0.2, 0.25) is 0 Å². The van der Waals surface area contributed by atoms with Gasteiger partial charge >= 0.3 is 0 Å². The minimum absolute atomic E-state index is 0.162. The van der Waals surface area contributed by atoms with Crippen LogP contribution >= 0.6 is 11.3 Å². The van der Waals surface area contributed by atoms with Gasteiger partial charge in [-0.05, 0) is 39.2 Å². The number of thiophene rings is 1. The van der Waals surface area contributed by atoms with E-state index in [1.165, 1.54) is 11.1 Å². The molecule has 1 saturated carbocycles. The number of rotatable bonds is 5. The highest BCUT2D eigenvalue weighted by atomic mass is 32.2. The molecule has 2 aromatic rings. The molecule has 2 heterocycles. The molecular weight excluding hydrogens is 318 g/mol. The third kappa shape index (κ3) is 2.50. The normalized spacial score (nSPS) is 18.4. The molecule has 1 aliphatic rings. The number of nitrogens with zero attached hydrogens (tertiary/aromatic N) is 2. The Morgan fingerprint density at radius 1 is 1.41 bits per heavy atom. The van der Waals surface area contributed by atoms with Gasteiger partial charge in [0.1, 0.15) is 16.5 Å². The fraction of sp³-hybridized carbons (Fsp3) is 0.600. The molecule has 0 saturated heterocycles. The molecule has 120 valence electrons. The number of fused-ring (bicyclic) bond motifs is 1. The Labute approximate surface area is 135 Å². The Bertz CT molecular complexity index is 823. The second-order valence-electron chi connectivity index (χ2n) is 6.11. The Kier molecular flexibility index (Phi) is 3.68. The van der Waals surface area contributed by atoms with E-state index in [0.29, 0.717) is 5.82 Å². The largest absolute Gasteiger partial charge is 0.365 e. The summed E-state index contributed by atoms with van der Waals surface area (Å²) in [7, 11) is -3.08. The van der Waals surface area contributed by atoms with Gasteiger partial charge in [-0.2, -0.15) is 0 Å². The summed E-state index contributed by atoms with van der Waals surface area (Å²) in [6.45, 7) is 5.91. The summed E-state index contributed by atoms with van der Waals surface area (Å²) in [5.41, 5.74) is 0. The molecule has 5 nitrogen and oxygen atoms in total. The van der Waals surface area contributed by atoms with Crippen LogP contribution in [-0.2, 0) is 16.3 Å². The lowest BCUT2D eigenvalue weighted by molar-refractivity contribution is 0.568. The zero-order chi connectivity index (χ0) is 16.1. The Morgan fingerprint density at radius 3 is 2.64 bits per heavy atom. The molecule has 1 N–H and O–H groups in total. The van der Waals surface area contributed by atoms with Gasteiger partial charge in [0, 0.05) is 17.2 Å². The molecule has 3 rings (SSSR count). The molecule has 0 radical (unpaired) electrons. The van der Waals surface area contributed by atoms with Crippen molar-refractivity contribution in [2.24, 2.45) is 0 Å². The topological polar surface area (TPSA) is 72.0 Å². The molecule has 0 spiro atoms. The van der Waals surface area contributed by atoms with Crippen molar-refractivity contribution < 1.29 is 8.42 Å². The molecule has 2 aromatic heterocycles. The van der Waals surface area contributed by atoms with Crippen LogP contribution in [0.15, 0.2) is 6.07 Å². The van der Waals surface area contributed by atoms with Crippen LogP contribution in [0.25, 0.3) is 10.2 Å². The predicted octanol–water partition coefficient (Wildman–Crippen LogP) is 2.94. The van der Waals surface area contributed by atoms with Crippen molar-refractivity contribution in [3.63, 3.8) is 0 Å². The molecule has 1 unspecified atom stereocenters. The van der Waals surface area contributed by atoms with Gasteiger partial charge in [-0.15, -0.1) is 11.3 Å². The molecule has 22 heavy (non-hydrogen) atoms. The fourth-order valence-electron chi connectivity index (χ4n) is 2.95. The van der Waals surface area contributed by atoms with Gasteiger partial charge in [0.25, 0.3) is 0 Å². The summed E-state index contributed by atoms with van der Waals surface area (Å²) < 4.78 is 23.5. The first-order valence-electron chi connectivity index (χ1n) is 7.50. The van der Waals surface area contributed by atoms with E-state index in [4.69, 9.17) is 0 Å². The number of sulfone groups is 1. The monoisotopic (exact) mass is 339 g/mol. The van der Waals surface area contributed by atoms with Gasteiger partial charge < -0.3 is 5.32 Å². The SMILES string of the molecule is CCc1cc2c(NC(C)C3(S(C)(=O)=O)CC3)nc(C)nc2s1. The zero-order valence-electron chi connectivity index (χ0n) is 13.3. The summed E-state index contributed by atoms with van der Waals surface area (Å²) in [5.74, 6) is 1.46. The van der Waals surface area contributed by atoms with Crippen molar-refractivity contribution in [3.8, 4) is 0 Å². The van der Waals surface area contributed by atoms with Crippen molar-refractivity contribution in [1.82, 2.24) is 9.97 Å². The molecule has 0 bridgehead atoms. The smallest absolute Gasteiger partial charge is 0.155 e. The molecule has 7 heteroatoms. The Morgan fingerprint density at radius 2 is 2.09 bits per heavy atom. The number of hydrogen-bond acceptors (Lipinski definition) is 6. The maximum absolute atomic E-state index is 12.1. The molecule has 1 aliphatic carbocycles. The van der Waals surface area contributed by atoms with Gasteiger partial charge in [0.15, 0.2) is 9.84 Å². The Balaban J connectivity index is 1.99. The summed E-state index contributed by atoms with van der Waals surface area (Å²) in [6, 6.07) is 1.94. The van der Waals surface area contributed by atoms with Gasteiger partial charge in [-0.3, -0.25) is 0 Å². The average Bonchev–Trinajstić information content (AvgIpc) is 3.14. The molecule has 0 aliphatic heterocycles. The van der Waals surface area contributed by atoms with Crippen LogP contribution in [0.5, 0.6) is 0 Å². The number of anilines is 1. The molecule has 0 amide bonds. The molecule has 1 atom stereocenters. The fourth-order valence-corrected chi connectivity index (χ4v) is 5.50. The van der Waals surface area contributed by atoms with E-state index in [0.717, 1.165) is 35.3 Å². The third-order valence-electron chi connectivity index (χ3n) is 4.53. The number of aromatic nitrogens is 2. The van der Waals surface area contributed by atoms with Crippen LogP contribution < -0.4 is 5.32 Å². The first-order valence-corrected chi connectivity index (χ1v) is 10.2. The lowest BCUT2D eigenvalue weighted by atomic mass is 10.2. The van der Waals surface area contributed by atoms with Crippen LogP contribution in [-0.4, -0.2) is 35.4 Å². The minimum Gasteiger partial charge on any atom is -0.365 e. The number of aryl methyl sites for hydroxylation is 2.